The average Bonchev–Trinajstić information content (AvgIpc) is 3.08. The molecule has 0 aliphatic carbocycles. The van der Waals surface area contributed by atoms with E-state index < -0.39 is 0 Å². The number of nitrogens with one attached hydrogen (secondary N) is 2. The van der Waals surface area contributed by atoms with E-state index >= 15 is 0 Å². The number of fused-ring (bicyclic) bond motifs is 1. The Morgan fingerprint density at radius 1 is 1.53 bits per heavy atom. The van der Waals surface area contributed by atoms with Gasteiger partial charge in [-0.05, 0) is 0 Å². The Labute approximate surface area is 116 Å². The van der Waals surface area contributed by atoms with Gasteiger partial charge in [0.15, 0.2) is 0 Å². The fraction of sp³-hybridized carbons (Fsp3) is 0.417. The molecule has 2 N–H and O–H groups in total. The number of ether oxygens (including phenoxy) is 1. The zero-order valence-corrected chi connectivity index (χ0v) is 12.1. The van der Waals surface area contributed by atoms with Crippen LogP contribution in [0.1, 0.15) is 6.42 Å². The number of aromatic nitrogens is 2. The van der Waals surface area contributed by atoms with Gasteiger partial charge in [-0.1, -0.05) is 0 Å². The molecule has 100 valence electrons. The quantitative estimate of drug-likeness (QED) is 0.777. The van der Waals surface area contributed by atoms with Gasteiger partial charge in [0.1, 0.15) is 0 Å². The molecule has 1 saturated heterocycles. The molecule has 3 rings (SSSR count). The molecule has 6 nitrogen and oxygen atoms in total. The molecule has 0 bridgehead atoms. The van der Waals surface area contributed by atoms with Crippen LogP contribution in [0.5, 0.6) is 0 Å². The first-order valence-corrected chi connectivity index (χ1v) is 7.59. The van der Waals surface area contributed by atoms with Crippen molar-refractivity contribution in [3.8, 4) is 0 Å². The molecule has 1 aromatic heterocycles. The van der Waals surface area contributed by atoms with E-state index in [2.05, 4.69) is 18.6 Å². The predicted molar refractivity (Wildman–Crippen MR) is 72.3 cm³/mol. The van der Waals surface area contributed by atoms with E-state index in [-0.39, 0.29) is 33.0 Å². The van der Waals surface area contributed by atoms with Crippen LogP contribution in [-0.2, 0) is 9.53 Å². The summed E-state index contributed by atoms with van der Waals surface area (Å²) in [5.74, 6) is -0.0393. The predicted octanol–water partition coefficient (Wildman–Crippen LogP) is 0.00220. The molecule has 0 radical (unpaired) electrons. The molecule has 19 heavy (non-hydrogen) atoms. The zero-order chi connectivity index (χ0) is 13.2. The molecule has 0 saturated carbocycles. The van der Waals surface area contributed by atoms with Crippen molar-refractivity contribution < 1.29 is 9.53 Å². The topological polar surface area (TPSA) is 76.1 Å². The fourth-order valence-corrected chi connectivity index (χ4v) is 3.36. The van der Waals surface area contributed by atoms with Gasteiger partial charge in [-0.3, -0.25) is 0 Å². The van der Waals surface area contributed by atoms with E-state index in [0.29, 0.717) is 13.0 Å². The normalized spacial score (nSPS) is 22.8. The standard InChI is InChI=1S/C12H14N4O2Se/c1-18-7-5-10(13-6-7)12(17)14-8-3-2-4-9-11(8)16-19-15-9/h2-4,7,10,13H,5-6H2,1H3,(H,14,17). The van der Waals surface area contributed by atoms with Crippen molar-refractivity contribution in [3.05, 3.63) is 18.2 Å². The minimum atomic E-state index is -0.204. The van der Waals surface area contributed by atoms with Gasteiger partial charge in [0.05, 0.1) is 0 Å². The molecular formula is C12H14N4O2Se. The van der Waals surface area contributed by atoms with Gasteiger partial charge in [-0.2, -0.15) is 0 Å². The summed E-state index contributed by atoms with van der Waals surface area (Å²) < 4.78 is 13.9. The van der Waals surface area contributed by atoms with Gasteiger partial charge >= 0.3 is 116 Å². The number of methoxy groups -OCH3 is 1. The van der Waals surface area contributed by atoms with Crippen molar-refractivity contribution >= 4 is 37.6 Å². The van der Waals surface area contributed by atoms with Crippen molar-refractivity contribution in [2.75, 3.05) is 19.0 Å². The van der Waals surface area contributed by atoms with Gasteiger partial charge < -0.3 is 0 Å². The molecule has 1 aliphatic rings. The molecule has 2 atom stereocenters. The second kappa shape index (κ2) is 5.38. The van der Waals surface area contributed by atoms with E-state index in [0.717, 1.165) is 16.7 Å². The van der Waals surface area contributed by atoms with E-state index in [1.807, 2.05) is 18.2 Å². The van der Waals surface area contributed by atoms with Crippen molar-refractivity contribution in [2.45, 2.75) is 18.6 Å². The summed E-state index contributed by atoms with van der Waals surface area (Å²) >= 11 is -0.0874. The summed E-state index contributed by atoms with van der Waals surface area (Å²) in [4.78, 5) is 12.2. The third-order valence-corrected chi connectivity index (χ3v) is 4.42. The van der Waals surface area contributed by atoms with Gasteiger partial charge in [-0.15, -0.1) is 0 Å². The Kier molecular flexibility index (Phi) is 3.61. The molecular weight excluding hydrogens is 311 g/mol. The monoisotopic (exact) mass is 326 g/mol. The maximum atomic E-state index is 12.2. The van der Waals surface area contributed by atoms with Crippen LogP contribution in [0.4, 0.5) is 5.69 Å². The van der Waals surface area contributed by atoms with Gasteiger partial charge in [-0.25, -0.2) is 0 Å². The first-order valence-electron chi connectivity index (χ1n) is 6.06. The van der Waals surface area contributed by atoms with E-state index in [1.54, 1.807) is 7.11 Å². The SMILES string of the molecule is COC1CNC(C(=O)Nc2cccc3n[se]nc23)C1. The van der Waals surface area contributed by atoms with Crippen LogP contribution in [0.2, 0.25) is 0 Å². The molecule has 2 heterocycles. The van der Waals surface area contributed by atoms with Crippen LogP contribution < -0.4 is 10.6 Å². The number of carbonyl (C=O) groups is 1. The number of nitrogens with zero attached hydrogens (tertiary/aromatic N) is 2. The molecule has 1 amide bonds. The molecule has 1 aromatic carbocycles. The third kappa shape index (κ3) is 2.55. The fourth-order valence-electron chi connectivity index (χ4n) is 2.21. The van der Waals surface area contributed by atoms with Crippen LogP contribution in [0.15, 0.2) is 18.2 Å². The van der Waals surface area contributed by atoms with Crippen LogP contribution in [0.25, 0.3) is 11.0 Å². The Bertz CT molecular complexity index is 600. The summed E-state index contributed by atoms with van der Waals surface area (Å²) in [7, 11) is 1.67. The van der Waals surface area contributed by atoms with Gasteiger partial charge in [0.2, 0.25) is 0 Å². The Morgan fingerprint density at radius 2 is 2.42 bits per heavy atom. The van der Waals surface area contributed by atoms with Crippen molar-refractivity contribution in [1.29, 1.82) is 0 Å². The van der Waals surface area contributed by atoms with Crippen LogP contribution in [0.3, 0.4) is 0 Å². The Hall–Kier alpha value is -1.27. The van der Waals surface area contributed by atoms with Crippen LogP contribution in [0, 0.1) is 0 Å². The number of amides is 1. The molecule has 1 aliphatic heterocycles. The summed E-state index contributed by atoms with van der Waals surface area (Å²) in [6.45, 7) is 0.713. The number of rotatable bonds is 3. The number of anilines is 1. The molecule has 2 aromatic rings. The van der Waals surface area contributed by atoms with E-state index in [4.69, 9.17) is 4.74 Å². The maximum absolute atomic E-state index is 12.2. The summed E-state index contributed by atoms with van der Waals surface area (Å²) in [5.41, 5.74) is 2.41. The van der Waals surface area contributed by atoms with Gasteiger partial charge in [0, 0.05) is 0 Å². The van der Waals surface area contributed by atoms with Crippen molar-refractivity contribution in [3.63, 3.8) is 0 Å². The molecule has 0 spiro atoms. The third-order valence-electron chi connectivity index (χ3n) is 3.28. The first kappa shape index (κ1) is 12.7. The summed E-state index contributed by atoms with van der Waals surface area (Å²) in [5, 5.41) is 6.09. The number of carbonyl (C=O) groups excluding carboxylic acids is 1. The Balaban J connectivity index is 1.74. The number of hydrogen-bond acceptors (Lipinski definition) is 5. The van der Waals surface area contributed by atoms with E-state index in [9.17, 15) is 4.79 Å². The van der Waals surface area contributed by atoms with Crippen molar-refractivity contribution in [2.24, 2.45) is 0 Å². The first-order chi connectivity index (χ1) is 9.28. The molecule has 1 fully saturated rings. The van der Waals surface area contributed by atoms with Crippen LogP contribution in [-0.4, -0.2) is 54.6 Å². The molecule has 2 unspecified atom stereocenters. The van der Waals surface area contributed by atoms with Crippen LogP contribution >= 0.6 is 0 Å². The number of hydrogen-bond donors (Lipinski definition) is 2. The average molecular weight is 325 g/mol. The second-order valence-electron chi connectivity index (χ2n) is 4.48. The minimum absolute atomic E-state index is 0.0393. The van der Waals surface area contributed by atoms with Gasteiger partial charge in [0.25, 0.3) is 0 Å². The second-order valence-corrected chi connectivity index (χ2v) is 5.59. The Morgan fingerprint density at radius 3 is 3.21 bits per heavy atom. The summed E-state index contributed by atoms with van der Waals surface area (Å²) in [6.07, 6.45) is 0.809. The zero-order valence-electron chi connectivity index (χ0n) is 10.4. The van der Waals surface area contributed by atoms with E-state index in [1.165, 1.54) is 0 Å². The van der Waals surface area contributed by atoms with Crippen molar-refractivity contribution in [1.82, 2.24) is 13.3 Å². The number of benzene rings is 1. The molecule has 7 heteroatoms. The summed E-state index contributed by atoms with van der Waals surface area (Å²) in [6, 6.07) is 5.46.